The van der Waals surface area contributed by atoms with E-state index in [9.17, 15) is 19.2 Å². The number of hydrogen-bond donors (Lipinski definition) is 0. The highest BCUT2D eigenvalue weighted by Crippen LogP contribution is 2.30. The molecule has 3 rings (SSSR count). The molecule has 0 bridgehead atoms. The predicted octanol–water partition coefficient (Wildman–Crippen LogP) is 0.738. The smallest absolute Gasteiger partial charge is 0.311 e. The second-order valence-electron chi connectivity index (χ2n) is 6.37. The summed E-state index contributed by atoms with van der Waals surface area (Å²) in [5.74, 6) is -2.00. The number of anilines is 2. The standard InChI is InChI=1S/C18H20N2O6/c1-25-17(23)11-7-15(21)19(9-11)13-3-5-14(6-4-13)20-10-12(8-16(20)22)18(24)26-2/h3-6,11-12H,7-10H2,1-2H3. The Morgan fingerprint density at radius 2 is 1.15 bits per heavy atom. The maximum Gasteiger partial charge on any atom is 0.311 e. The van der Waals surface area contributed by atoms with Crippen LogP contribution in [0.2, 0.25) is 0 Å². The number of carbonyl (C=O) groups is 4. The first kappa shape index (κ1) is 17.9. The molecule has 8 nitrogen and oxygen atoms in total. The predicted molar refractivity (Wildman–Crippen MR) is 91.4 cm³/mol. The Bertz CT molecular complexity index is 682. The molecule has 0 aliphatic carbocycles. The van der Waals surface area contributed by atoms with Gasteiger partial charge in [-0.1, -0.05) is 0 Å². The Balaban J connectivity index is 1.71. The van der Waals surface area contributed by atoms with Gasteiger partial charge in [-0.2, -0.15) is 0 Å². The summed E-state index contributed by atoms with van der Waals surface area (Å²) in [6.07, 6.45) is 0.250. The second kappa shape index (κ2) is 7.15. The lowest BCUT2D eigenvalue weighted by atomic mass is 10.1. The minimum atomic E-state index is -0.465. The highest BCUT2D eigenvalue weighted by atomic mass is 16.5. The largest absolute Gasteiger partial charge is 0.469 e. The van der Waals surface area contributed by atoms with E-state index in [1.807, 2.05) is 0 Å². The third-order valence-corrected chi connectivity index (χ3v) is 4.79. The van der Waals surface area contributed by atoms with Crippen LogP contribution in [-0.2, 0) is 28.7 Å². The summed E-state index contributed by atoms with van der Waals surface area (Å²) in [5, 5.41) is 0. The van der Waals surface area contributed by atoms with Gasteiger partial charge in [0.1, 0.15) is 0 Å². The Labute approximate surface area is 150 Å². The van der Waals surface area contributed by atoms with Crippen molar-refractivity contribution in [3.63, 3.8) is 0 Å². The van der Waals surface area contributed by atoms with E-state index < -0.39 is 23.8 Å². The topological polar surface area (TPSA) is 93.2 Å². The minimum Gasteiger partial charge on any atom is -0.469 e. The van der Waals surface area contributed by atoms with Crippen LogP contribution in [0.5, 0.6) is 0 Å². The molecule has 138 valence electrons. The van der Waals surface area contributed by atoms with Crippen LogP contribution in [0, 0.1) is 11.8 Å². The van der Waals surface area contributed by atoms with Crippen molar-refractivity contribution in [2.24, 2.45) is 11.8 Å². The fourth-order valence-electron chi connectivity index (χ4n) is 3.38. The normalized spacial score (nSPS) is 22.7. The fourth-order valence-corrected chi connectivity index (χ4v) is 3.38. The van der Waals surface area contributed by atoms with Crippen LogP contribution in [-0.4, -0.2) is 51.1 Å². The number of rotatable bonds is 4. The number of benzene rings is 1. The Morgan fingerprint density at radius 1 is 0.808 bits per heavy atom. The Morgan fingerprint density at radius 3 is 1.46 bits per heavy atom. The summed E-state index contributed by atoms with van der Waals surface area (Å²) in [4.78, 5) is 50.6. The summed E-state index contributed by atoms with van der Waals surface area (Å²) < 4.78 is 9.41. The number of methoxy groups -OCH3 is 2. The Hall–Kier alpha value is -2.90. The maximum atomic E-state index is 12.2. The van der Waals surface area contributed by atoms with Gasteiger partial charge < -0.3 is 19.3 Å². The average Bonchev–Trinajstić information content (AvgIpc) is 3.23. The lowest BCUT2D eigenvalue weighted by Gasteiger charge is -2.20. The van der Waals surface area contributed by atoms with E-state index in [0.717, 1.165) is 0 Å². The lowest BCUT2D eigenvalue weighted by Crippen LogP contribution is -2.27. The summed E-state index contributed by atoms with van der Waals surface area (Å²) in [7, 11) is 2.61. The van der Waals surface area contributed by atoms with Crippen molar-refractivity contribution in [1.29, 1.82) is 0 Å². The van der Waals surface area contributed by atoms with Crippen LogP contribution in [0.4, 0.5) is 11.4 Å². The van der Waals surface area contributed by atoms with E-state index in [2.05, 4.69) is 0 Å². The number of nitrogens with zero attached hydrogens (tertiary/aromatic N) is 2. The molecule has 2 amide bonds. The number of esters is 2. The van der Waals surface area contributed by atoms with Crippen LogP contribution in [0.3, 0.4) is 0 Å². The summed E-state index contributed by atoms with van der Waals surface area (Å²) in [6.45, 7) is 0.551. The van der Waals surface area contributed by atoms with E-state index in [1.165, 1.54) is 24.0 Å². The first-order chi connectivity index (χ1) is 12.4. The van der Waals surface area contributed by atoms with Gasteiger partial charge in [-0.3, -0.25) is 19.2 Å². The van der Waals surface area contributed by atoms with E-state index in [-0.39, 0.29) is 37.7 Å². The zero-order chi connectivity index (χ0) is 18.8. The third-order valence-electron chi connectivity index (χ3n) is 4.79. The number of ether oxygens (including phenoxy) is 2. The molecule has 2 atom stereocenters. The molecule has 0 spiro atoms. The van der Waals surface area contributed by atoms with Gasteiger partial charge in [-0.05, 0) is 24.3 Å². The van der Waals surface area contributed by atoms with Gasteiger partial charge in [-0.15, -0.1) is 0 Å². The second-order valence-corrected chi connectivity index (χ2v) is 6.37. The summed E-state index contributed by atoms with van der Waals surface area (Å²) in [6, 6.07) is 6.91. The van der Waals surface area contributed by atoms with Crippen LogP contribution in [0.1, 0.15) is 12.8 Å². The Kier molecular flexibility index (Phi) is 4.92. The van der Waals surface area contributed by atoms with Crippen molar-refractivity contribution < 1.29 is 28.7 Å². The van der Waals surface area contributed by atoms with Gasteiger partial charge in [0.05, 0.1) is 26.1 Å². The molecule has 8 heteroatoms. The molecule has 2 heterocycles. The van der Waals surface area contributed by atoms with E-state index in [1.54, 1.807) is 24.3 Å². The highest BCUT2D eigenvalue weighted by Gasteiger charge is 2.37. The first-order valence-corrected chi connectivity index (χ1v) is 8.31. The molecule has 2 saturated heterocycles. The SMILES string of the molecule is COC(=O)C1CC(=O)N(c2ccc(N3CC(C(=O)OC)CC3=O)cc2)C1. The molecular formula is C18H20N2O6. The molecule has 0 aromatic heterocycles. The minimum absolute atomic E-state index is 0.125. The number of amides is 2. The van der Waals surface area contributed by atoms with Gasteiger partial charge in [0.2, 0.25) is 11.8 Å². The van der Waals surface area contributed by atoms with Crippen molar-refractivity contribution in [3.05, 3.63) is 24.3 Å². The van der Waals surface area contributed by atoms with Crippen molar-refractivity contribution in [1.82, 2.24) is 0 Å². The fraction of sp³-hybridized carbons (Fsp3) is 0.444. The van der Waals surface area contributed by atoms with E-state index in [4.69, 9.17) is 9.47 Å². The van der Waals surface area contributed by atoms with Crippen LogP contribution in [0.15, 0.2) is 24.3 Å². The molecule has 26 heavy (non-hydrogen) atoms. The third kappa shape index (κ3) is 3.26. The van der Waals surface area contributed by atoms with Crippen molar-refractivity contribution in [3.8, 4) is 0 Å². The molecule has 1 aromatic rings. The molecular weight excluding hydrogens is 340 g/mol. The van der Waals surface area contributed by atoms with Crippen LogP contribution >= 0.6 is 0 Å². The van der Waals surface area contributed by atoms with Crippen molar-refractivity contribution in [2.45, 2.75) is 12.8 Å². The quantitative estimate of drug-likeness (QED) is 0.735. The molecule has 0 saturated carbocycles. The van der Waals surface area contributed by atoms with Crippen molar-refractivity contribution in [2.75, 3.05) is 37.1 Å². The van der Waals surface area contributed by atoms with Crippen LogP contribution < -0.4 is 9.80 Å². The molecule has 2 aliphatic heterocycles. The van der Waals surface area contributed by atoms with Gasteiger partial charge in [-0.25, -0.2) is 0 Å². The summed E-state index contributed by atoms with van der Waals surface area (Å²) in [5.41, 5.74) is 1.31. The van der Waals surface area contributed by atoms with Gasteiger partial charge >= 0.3 is 11.9 Å². The molecule has 2 fully saturated rings. The zero-order valence-electron chi connectivity index (χ0n) is 14.6. The van der Waals surface area contributed by atoms with E-state index in [0.29, 0.717) is 11.4 Å². The monoisotopic (exact) mass is 360 g/mol. The molecule has 1 aromatic carbocycles. The summed E-state index contributed by atoms with van der Waals surface area (Å²) >= 11 is 0. The molecule has 2 unspecified atom stereocenters. The number of hydrogen-bond acceptors (Lipinski definition) is 6. The maximum absolute atomic E-state index is 12.2. The molecule has 0 N–H and O–H groups in total. The first-order valence-electron chi connectivity index (χ1n) is 8.31. The van der Waals surface area contributed by atoms with Crippen molar-refractivity contribution >= 4 is 35.1 Å². The lowest BCUT2D eigenvalue weighted by molar-refractivity contribution is -0.145. The van der Waals surface area contributed by atoms with Gasteiger partial charge in [0.25, 0.3) is 0 Å². The van der Waals surface area contributed by atoms with Gasteiger partial charge in [0.15, 0.2) is 0 Å². The zero-order valence-corrected chi connectivity index (χ0v) is 14.6. The van der Waals surface area contributed by atoms with Crippen LogP contribution in [0.25, 0.3) is 0 Å². The number of carbonyl (C=O) groups excluding carboxylic acids is 4. The molecule has 2 aliphatic rings. The van der Waals surface area contributed by atoms with E-state index >= 15 is 0 Å². The van der Waals surface area contributed by atoms with Gasteiger partial charge in [0, 0.05) is 37.3 Å². The molecule has 0 radical (unpaired) electrons. The highest BCUT2D eigenvalue weighted by molar-refractivity contribution is 6.01. The average molecular weight is 360 g/mol.